The van der Waals surface area contributed by atoms with E-state index < -0.39 is 12.7 Å². The summed E-state index contributed by atoms with van der Waals surface area (Å²) in [5.74, 6) is 0. The van der Waals surface area contributed by atoms with E-state index >= 15 is 0 Å². The molecular formula is C42H53O3P. The SMILES string of the molecule is CC(C)(C)c1ccc2cc(-c3c(C(C)(C)C)ccc(P(O)(O)(O)c4ccc5ccccc5c4)c3C(C)(C)C)c(C(C)(C)C)cc2c1. The van der Waals surface area contributed by atoms with E-state index in [0.717, 1.165) is 38.4 Å². The quantitative estimate of drug-likeness (QED) is 0.173. The van der Waals surface area contributed by atoms with E-state index in [9.17, 15) is 14.7 Å². The zero-order valence-corrected chi connectivity index (χ0v) is 30.8. The Bertz CT molecular complexity index is 1960. The van der Waals surface area contributed by atoms with Crippen LogP contribution in [0.25, 0.3) is 32.7 Å². The van der Waals surface area contributed by atoms with E-state index in [-0.39, 0.29) is 26.9 Å². The fraction of sp³-hybridized carbons (Fsp3) is 0.381. The molecule has 0 amide bonds. The van der Waals surface area contributed by atoms with Gasteiger partial charge in [0.25, 0.3) is 0 Å². The maximum absolute atomic E-state index is 12.3. The molecule has 4 heteroatoms. The van der Waals surface area contributed by atoms with Gasteiger partial charge in [-0.05, 0) is 0 Å². The topological polar surface area (TPSA) is 60.7 Å². The van der Waals surface area contributed by atoms with E-state index in [1.54, 1.807) is 18.2 Å². The van der Waals surface area contributed by atoms with Crippen molar-refractivity contribution in [2.75, 3.05) is 0 Å². The molecule has 0 fully saturated rings. The summed E-state index contributed by atoms with van der Waals surface area (Å²) in [7, 11) is -5.63. The summed E-state index contributed by atoms with van der Waals surface area (Å²) in [5, 5.41) is 4.46. The van der Waals surface area contributed by atoms with Gasteiger partial charge in [-0.3, -0.25) is 0 Å². The number of hydrogen-bond donors (Lipinski definition) is 3. The van der Waals surface area contributed by atoms with Crippen molar-refractivity contribution in [3.05, 3.63) is 107 Å². The van der Waals surface area contributed by atoms with E-state index in [4.69, 9.17) is 0 Å². The van der Waals surface area contributed by atoms with Crippen molar-refractivity contribution in [2.45, 2.75) is 105 Å². The molecule has 0 spiro atoms. The standard InChI is InChI=1S/C42H53O3P/c1-39(2,3)31-19-17-29-25-33(35(41(7,8)9)26-30(29)23-31)37-34(40(4,5)6)21-22-36(38(37)42(10,11)12)46(43,44,45)32-20-18-27-15-13-14-16-28(27)24-32/h13-26,43-45H,1-12H3. The third-order valence-electron chi connectivity index (χ3n) is 9.31. The van der Waals surface area contributed by atoms with Gasteiger partial charge in [-0.25, -0.2) is 0 Å². The van der Waals surface area contributed by atoms with Gasteiger partial charge in [-0.15, -0.1) is 0 Å². The third kappa shape index (κ3) is 6.16. The molecule has 5 rings (SSSR count). The minimum absolute atomic E-state index is 0.0238. The molecule has 0 unspecified atom stereocenters. The van der Waals surface area contributed by atoms with Gasteiger partial charge >= 0.3 is 277 Å². The monoisotopic (exact) mass is 636 g/mol. The molecule has 0 saturated carbocycles. The molecule has 0 aliphatic heterocycles. The summed E-state index contributed by atoms with van der Waals surface area (Å²) in [6, 6.07) is 28.1. The molecular weight excluding hydrogens is 583 g/mol. The number of benzene rings is 5. The predicted octanol–water partition coefficient (Wildman–Crippen LogP) is 10.1. The Morgan fingerprint density at radius 2 is 1.02 bits per heavy atom. The van der Waals surface area contributed by atoms with Crippen molar-refractivity contribution < 1.29 is 14.7 Å². The molecule has 0 atom stereocenters. The summed E-state index contributed by atoms with van der Waals surface area (Å²) in [6.07, 6.45) is 0. The molecule has 46 heavy (non-hydrogen) atoms. The van der Waals surface area contributed by atoms with Gasteiger partial charge in [0.1, 0.15) is 0 Å². The Labute approximate surface area is 276 Å². The van der Waals surface area contributed by atoms with Gasteiger partial charge < -0.3 is 0 Å². The van der Waals surface area contributed by atoms with Crippen LogP contribution >= 0.6 is 7.28 Å². The van der Waals surface area contributed by atoms with Gasteiger partial charge in [-0.2, -0.15) is 0 Å². The van der Waals surface area contributed by atoms with Crippen LogP contribution in [0.1, 0.15) is 105 Å². The summed E-state index contributed by atoms with van der Waals surface area (Å²) in [5.41, 5.74) is 5.33. The van der Waals surface area contributed by atoms with E-state index in [0.29, 0.717) is 0 Å². The van der Waals surface area contributed by atoms with E-state index in [1.165, 1.54) is 16.5 Å². The zero-order chi connectivity index (χ0) is 34.3. The second kappa shape index (κ2) is 10.7. The molecule has 0 aliphatic carbocycles. The first-order valence-corrected chi connectivity index (χ1v) is 18.5. The molecule has 0 heterocycles. The number of hydrogen-bond acceptors (Lipinski definition) is 3. The Morgan fingerprint density at radius 1 is 0.457 bits per heavy atom. The first-order valence-electron chi connectivity index (χ1n) is 16.4. The van der Waals surface area contributed by atoms with Crippen LogP contribution in [-0.2, 0) is 21.7 Å². The van der Waals surface area contributed by atoms with Gasteiger partial charge in [-0.1, -0.05) is 0 Å². The fourth-order valence-corrected chi connectivity index (χ4v) is 8.97. The van der Waals surface area contributed by atoms with Crippen molar-refractivity contribution in [3.8, 4) is 11.1 Å². The molecule has 0 bridgehead atoms. The molecule has 5 aromatic carbocycles. The van der Waals surface area contributed by atoms with Gasteiger partial charge in [0.2, 0.25) is 0 Å². The van der Waals surface area contributed by atoms with Crippen molar-refractivity contribution in [2.24, 2.45) is 0 Å². The number of rotatable bonds is 3. The van der Waals surface area contributed by atoms with Crippen LogP contribution in [0.15, 0.2) is 84.9 Å². The molecule has 0 aromatic heterocycles. The van der Waals surface area contributed by atoms with Crippen LogP contribution in [0, 0.1) is 0 Å². The molecule has 0 aliphatic rings. The van der Waals surface area contributed by atoms with Crippen LogP contribution in [-0.4, -0.2) is 14.7 Å². The van der Waals surface area contributed by atoms with Gasteiger partial charge in [0.15, 0.2) is 0 Å². The van der Waals surface area contributed by atoms with E-state index in [2.05, 4.69) is 113 Å². The normalized spacial score (nSPS) is 14.5. The molecule has 0 radical (unpaired) electrons. The molecule has 244 valence electrons. The average molecular weight is 637 g/mol. The van der Waals surface area contributed by atoms with Crippen molar-refractivity contribution in [1.82, 2.24) is 0 Å². The Hall–Kier alpha value is -3.07. The minimum atomic E-state index is -5.63. The molecule has 3 nitrogen and oxygen atoms in total. The molecule has 5 aromatic rings. The molecule has 0 saturated heterocycles. The van der Waals surface area contributed by atoms with Crippen molar-refractivity contribution in [3.63, 3.8) is 0 Å². The first-order chi connectivity index (χ1) is 20.9. The van der Waals surface area contributed by atoms with E-state index in [1.807, 2.05) is 36.4 Å². The average Bonchev–Trinajstić information content (AvgIpc) is 2.93. The second-order valence-corrected chi connectivity index (χ2v) is 20.3. The Kier molecular flexibility index (Phi) is 7.99. The summed E-state index contributed by atoms with van der Waals surface area (Å²) in [4.78, 5) is 37.0. The Morgan fingerprint density at radius 3 is 1.59 bits per heavy atom. The summed E-state index contributed by atoms with van der Waals surface area (Å²) in [6.45, 7) is 26.3. The van der Waals surface area contributed by atoms with Crippen LogP contribution in [0.5, 0.6) is 0 Å². The first kappa shape index (κ1) is 34.3. The second-order valence-electron chi connectivity index (χ2n) is 17.4. The van der Waals surface area contributed by atoms with Crippen LogP contribution < -0.4 is 10.6 Å². The van der Waals surface area contributed by atoms with Crippen LogP contribution in [0.4, 0.5) is 0 Å². The zero-order valence-electron chi connectivity index (χ0n) is 29.9. The predicted molar refractivity (Wildman–Crippen MR) is 201 cm³/mol. The van der Waals surface area contributed by atoms with Crippen molar-refractivity contribution in [1.29, 1.82) is 0 Å². The van der Waals surface area contributed by atoms with Gasteiger partial charge in [0, 0.05) is 0 Å². The van der Waals surface area contributed by atoms with Gasteiger partial charge in [0.05, 0.1) is 0 Å². The summed E-state index contributed by atoms with van der Waals surface area (Å²) < 4.78 is 0. The van der Waals surface area contributed by atoms with Crippen molar-refractivity contribution >= 4 is 39.4 Å². The summed E-state index contributed by atoms with van der Waals surface area (Å²) >= 11 is 0. The maximum atomic E-state index is 12.3. The fourth-order valence-electron chi connectivity index (χ4n) is 6.76. The Balaban J connectivity index is 1.95. The molecule has 3 N–H and O–H groups in total. The third-order valence-corrected chi connectivity index (χ3v) is 11.8. The number of fused-ring (bicyclic) bond motifs is 2. The van der Waals surface area contributed by atoms with Crippen LogP contribution in [0.2, 0.25) is 0 Å². The van der Waals surface area contributed by atoms with Crippen LogP contribution in [0.3, 0.4) is 0 Å².